The molecule has 0 saturated carbocycles. The van der Waals surface area contributed by atoms with Gasteiger partial charge in [-0.25, -0.2) is 4.39 Å². The zero-order chi connectivity index (χ0) is 19.6. The van der Waals surface area contributed by atoms with Crippen LogP contribution < -0.4 is 5.32 Å². The van der Waals surface area contributed by atoms with E-state index in [-0.39, 0.29) is 35.5 Å². The number of hydrogen-bond donors (Lipinski definition) is 1. The lowest BCUT2D eigenvalue weighted by atomic mass is 9.88. The molecule has 2 aromatic carbocycles. The van der Waals surface area contributed by atoms with E-state index < -0.39 is 0 Å². The highest BCUT2D eigenvalue weighted by Crippen LogP contribution is 2.34. The van der Waals surface area contributed by atoms with Gasteiger partial charge in [0.15, 0.2) is 0 Å². The van der Waals surface area contributed by atoms with Crippen LogP contribution in [0, 0.1) is 18.7 Å². The number of benzene rings is 2. The van der Waals surface area contributed by atoms with E-state index in [0.29, 0.717) is 18.7 Å². The number of halogens is 1. The topological polar surface area (TPSA) is 49.4 Å². The first-order chi connectivity index (χ1) is 12.8. The van der Waals surface area contributed by atoms with E-state index in [1.54, 1.807) is 17.0 Å². The van der Waals surface area contributed by atoms with Crippen LogP contribution in [0.4, 0.5) is 4.39 Å². The second-order valence-electron chi connectivity index (χ2n) is 7.50. The Kier molecular flexibility index (Phi) is 5.59. The van der Waals surface area contributed by atoms with E-state index in [1.807, 2.05) is 45.0 Å². The molecule has 0 aliphatic carbocycles. The quantitative estimate of drug-likeness (QED) is 0.898. The minimum atomic E-state index is -0.354. The second-order valence-corrected chi connectivity index (χ2v) is 7.50. The van der Waals surface area contributed by atoms with Crippen LogP contribution in [-0.2, 0) is 4.79 Å². The maximum Gasteiger partial charge on any atom is 0.253 e. The molecule has 1 aliphatic heterocycles. The molecule has 2 amide bonds. The number of carbonyl (C=O) groups excluding carboxylic acids is 2. The molecule has 1 saturated heterocycles. The third kappa shape index (κ3) is 4.35. The van der Waals surface area contributed by atoms with Gasteiger partial charge >= 0.3 is 0 Å². The summed E-state index contributed by atoms with van der Waals surface area (Å²) in [5.74, 6) is -0.973. The van der Waals surface area contributed by atoms with E-state index in [4.69, 9.17) is 0 Å². The van der Waals surface area contributed by atoms with E-state index in [1.165, 1.54) is 12.1 Å². The average Bonchev–Trinajstić information content (AvgIpc) is 3.07. The van der Waals surface area contributed by atoms with Gasteiger partial charge in [0, 0.05) is 30.6 Å². The first kappa shape index (κ1) is 19.1. The van der Waals surface area contributed by atoms with Gasteiger partial charge in [-0.1, -0.05) is 29.8 Å². The summed E-state index contributed by atoms with van der Waals surface area (Å²) >= 11 is 0. The van der Waals surface area contributed by atoms with Gasteiger partial charge in [-0.15, -0.1) is 0 Å². The number of amides is 2. The van der Waals surface area contributed by atoms with Crippen LogP contribution in [0.15, 0.2) is 48.5 Å². The predicted octanol–water partition coefficient (Wildman–Crippen LogP) is 3.51. The highest BCUT2D eigenvalue weighted by Gasteiger charge is 2.40. The largest absolute Gasteiger partial charge is 0.354 e. The van der Waals surface area contributed by atoms with Crippen molar-refractivity contribution in [3.8, 4) is 0 Å². The Labute approximate surface area is 159 Å². The van der Waals surface area contributed by atoms with Crippen molar-refractivity contribution in [2.75, 3.05) is 13.1 Å². The Hall–Kier alpha value is -2.69. The SMILES string of the molecule is Cc1ccc(C(=O)N2CC(C(=O)NC(C)C)C(c3ccc(F)cc3)C2)cc1. The molecule has 1 N–H and O–H groups in total. The van der Waals surface area contributed by atoms with Gasteiger partial charge in [-0.3, -0.25) is 9.59 Å². The maximum atomic E-state index is 13.3. The van der Waals surface area contributed by atoms with Crippen LogP contribution in [0.5, 0.6) is 0 Å². The molecule has 1 heterocycles. The zero-order valence-electron chi connectivity index (χ0n) is 15.9. The molecular formula is C22H25FN2O2. The minimum Gasteiger partial charge on any atom is -0.354 e. The van der Waals surface area contributed by atoms with Crippen LogP contribution in [0.2, 0.25) is 0 Å². The van der Waals surface area contributed by atoms with Gasteiger partial charge in [-0.2, -0.15) is 0 Å². The van der Waals surface area contributed by atoms with Crippen molar-refractivity contribution in [3.05, 3.63) is 71.0 Å². The summed E-state index contributed by atoms with van der Waals surface area (Å²) in [4.78, 5) is 27.4. The average molecular weight is 368 g/mol. The van der Waals surface area contributed by atoms with Crippen LogP contribution in [0.25, 0.3) is 0 Å². The van der Waals surface area contributed by atoms with Crippen molar-refractivity contribution in [3.63, 3.8) is 0 Å². The summed E-state index contributed by atoms with van der Waals surface area (Å²) < 4.78 is 13.3. The molecule has 1 aliphatic rings. The fraction of sp³-hybridized carbons (Fsp3) is 0.364. The van der Waals surface area contributed by atoms with Crippen molar-refractivity contribution in [1.82, 2.24) is 10.2 Å². The fourth-order valence-corrected chi connectivity index (χ4v) is 3.55. The van der Waals surface area contributed by atoms with E-state index >= 15 is 0 Å². The monoisotopic (exact) mass is 368 g/mol. The molecule has 1 fully saturated rings. The number of nitrogens with one attached hydrogen (secondary N) is 1. The van der Waals surface area contributed by atoms with Crippen molar-refractivity contribution < 1.29 is 14.0 Å². The molecular weight excluding hydrogens is 343 g/mol. The lowest BCUT2D eigenvalue weighted by Gasteiger charge is -2.19. The predicted molar refractivity (Wildman–Crippen MR) is 103 cm³/mol. The number of likely N-dealkylation sites (tertiary alicyclic amines) is 1. The number of nitrogens with zero attached hydrogens (tertiary/aromatic N) is 1. The first-order valence-electron chi connectivity index (χ1n) is 9.27. The Morgan fingerprint density at radius 3 is 2.26 bits per heavy atom. The first-order valence-corrected chi connectivity index (χ1v) is 9.27. The van der Waals surface area contributed by atoms with E-state index in [0.717, 1.165) is 11.1 Å². The summed E-state index contributed by atoms with van der Waals surface area (Å²) in [6.45, 7) is 6.59. The summed E-state index contributed by atoms with van der Waals surface area (Å²) in [5.41, 5.74) is 2.58. The van der Waals surface area contributed by atoms with Gasteiger partial charge in [0.2, 0.25) is 5.91 Å². The summed E-state index contributed by atoms with van der Waals surface area (Å²) in [7, 11) is 0. The molecule has 2 unspecified atom stereocenters. The molecule has 3 rings (SSSR count). The van der Waals surface area contributed by atoms with Gasteiger partial charge in [0.1, 0.15) is 5.82 Å². The smallest absolute Gasteiger partial charge is 0.253 e. The number of rotatable bonds is 4. The normalized spacial score (nSPS) is 19.4. The van der Waals surface area contributed by atoms with Crippen molar-refractivity contribution in [1.29, 1.82) is 0 Å². The van der Waals surface area contributed by atoms with Gasteiger partial charge < -0.3 is 10.2 Å². The summed E-state index contributed by atoms with van der Waals surface area (Å²) in [5, 5.41) is 2.95. The summed E-state index contributed by atoms with van der Waals surface area (Å²) in [6, 6.07) is 13.7. The lowest BCUT2D eigenvalue weighted by molar-refractivity contribution is -0.125. The molecule has 4 nitrogen and oxygen atoms in total. The molecule has 142 valence electrons. The van der Waals surface area contributed by atoms with Crippen LogP contribution in [-0.4, -0.2) is 35.8 Å². The zero-order valence-corrected chi connectivity index (χ0v) is 15.9. The Morgan fingerprint density at radius 2 is 1.67 bits per heavy atom. The number of hydrogen-bond acceptors (Lipinski definition) is 2. The third-order valence-corrected chi connectivity index (χ3v) is 4.97. The third-order valence-electron chi connectivity index (χ3n) is 4.97. The Balaban J connectivity index is 1.86. The van der Waals surface area contributed by atoms with Crippen LogP contribution in [0.1, 0.15) is 41.3 Å². The van der Waals surface area contributed by atoms with Gasteiger partial charge in [0.05, 0.1) is 5.92 Å². The lowest BCUT2D eigenvalue weighted by Crippen LogP contribution is -2.39. The van der Waals surface area contributed by atoms with Crippen LogP contribution in [0.3, 0.4) is 0 Å². The minimum absolute atomic E-state index is 0.0215. The van der Waals surface area contributed by atoms with Crippen molar-refractivity contribution in [2.45, 2.75) is 32.7 Å². The van der Waals surface area contributed by atoms with Crippen molar-refractivity contribution in [2.24, 2.45) is 5.92 Å². The molecule has 0 radical (unpaired) electrons. The molecule has 5 heteroatoms. The summed E-state index contributed by atoms with van der Waals surface area (Å²) in [6.07, 6.45) is 0. The highest BCUT2D eigenvalue weighted by molar-refractivity contribution is 5.95. The van der Waals surface area contributed by atoms with Crippen molar-refractivity contribution >= 4 is 11.8 Å². The van der Waals surface area contributed by atoms with Crippen LogP contribution >= 0.6 is 0 Å². The Morgan fingerprint density at radius 1 is 1.04 bits per heavy atom. The molecule has 0 aromatic heterocycles. The highest BCUT2D eigenvalue weighted by atomic mass is 19.1. The molecule has 27 heavy (non-hydrogen) atoms. The second kappa shape index (κ2) is 7.91. The molecule has 2 atom stereocenters. The fourth-order valence-electron chi connectivity index (χ4n) is 3.55. The molecule has 2 aromatic rings. The number of aryl methyl sites for hydroxylation is 1. The van der Waals surface area contributed by atoms with E-state index in [2.05, 4.69) is 5.32 Å². The van der Waals surface area contributed by atoms with Gasteiger partial charge in [-0.05, 0) is 50.6 Å². The standard InChI is InChI=1S/C22H25FN2O2/c1-14(2)24-21(26)20-13-25(22(27)17-6-4-15(3)5-7-17)12-19(20)16-8-10-18(23)11-9-16/h4-11,14,19-20H,12-13H2,1-3H3,(H,24,26). The van der Waals surface area contributed by atoms with Gasteiger partial charge in [0.25, 0.3) is 5.91 Å². The molecule has 0 spiro atoms. The Bertz CT molecular complexity index is 815. The molecule has 0 bridgehead atoms. The maximum absolute atomic E-state index is 13.3. The van der Waals surface area contributed by atoms with E-state index in [9.17, 15) is 14.0 Å². The number of carbonyl (C=O) groups is 2.